The minimum Gasteiger partial charge on any atom is -0.355 e. The summed E-state index contributed by atoms with van der Waals surface area (Å²) in [6.45, 7) is 2.04. The molecule has 0 saturated heterocycles. The van der Waals surface area contributed by atoms with Crippen LogP contribution in [0.25, 0.3) is 0 Å². The Bertz CT molecular complexity index is 210. The molecule has 0 saturated carbocycles. The quantitative estimate of drug-likeness (QED) is 0.501. The van der Waals surface area contributed by atoms with Gasteiger partial charge in [-0.15, -0.1) is 0 Å². The fraction of sp³-hybridized carbons (Fsp3) is 0.250. The molecule has 1 aromatic heterocycles. The van der Waals surface area contributed by atoms with Crippen LogP contribution in [-0.4, -0.2) is 4.98 Å². The molecule has 0 spiro atoms. The number of hydrogen-bond donors (Lipinski definition) is 1. The maximum absolute atomic E-state index is 3.00. The van der Waals surface area contributed by atoms with Crippen LogP contribution in [0.5, 0.6) is 0 Å². The van der Waals surface area contributed by atoms with Gasteiger partial charge in [0.05, 0.1) is 5.69 Å². The summed E-state index contributed by atoms with van der Waals surface area (Å²) in [6, 6.07) is 3.91. The highest BCUT2D eigenvalue weighted by Crippen LogP contribution is 1.89. The Morgan fingerprint density at radius 2 is 2.56 bits per heavy atom. The van der Waals surface area contributed by atoms with Gasteiger partial charge in [-0.3, -0.25) is 0 Å². The zero-order valence-electron chi connectivity index (χ0n) is 5.44. The molecule has 0 aliphatic rings. The summed E-state index contributed by atoms with van der Waals surface area (Å²) >= 11 is 0. The third kappa shape index (κ3) is 1.65. The number of aromatic amines is 1. The van der Waals surface area contributed by atoms with Gasteiger partial charge in [-0.2, -0.15) is 0 Å². The van der Waals surface area contributed by atoms with Gasteiger partial charge in [0.2, 0.25) is 0 Å². The average molecular weight is 119 g/mol. The molecule has 0 radical (unpaired) electrons. The van der Waals surface area contributed by atoms with E-state index in [0.717, 1.165) is 12.1 Å². The SMILES string of the molecule is CCC#Cc1ccc[nH]1. The normalized spacial score (nSPS) is 8.11. The number of rotatable bonds is 0. The van der Waals surface area contributed by atoms with Crippen molar-refractivity contribution in [3.05, 3.63) is 24.0 Å². The van der Waals surface area contributed by atoms with Gasteiger partial charge < -0.3 is 4.98 Å². The lowest BCUT2D eigenvalue weighted by Gasteiger charge is -1.75. The predicted octanol–water partition coefficient (Wildman–Crippen LogP) is 1.78. The molecule has 1 nitrogen and oxygen atoms in total. The van der Waals surface area contributed by atoms with Gasteiger partial charge in [-0.25, -0.2) is 0 Å². The standard InChI is InChI=1S/C8H9N/c1-2-3-5-8-6-4-7-9-8/h4,6-7,9H,2H2,1H3. The fourth-order valence-electron chi connectivity index (χ4n) is 0.592. The summed E-state index contributed by atoms with van der Waals surface area (Å²) < 4.78 is 0. The summed E-state index contributed by atoms with van der Waals surface area (Å²) in [5.41, 5.74) is 0.997. The van der Waals surface area contributed by atoms with E-state index in [2.05, 4.69) is 16.8 Å². The molecule has 9 heavy (non-hydrogen) atoms. The molecule has 0 aliphatic heterocycles. The third-order valence-electron chi connectivity index (χ3n) is 0.998. The van der Waals surface area contributed by atoms with Crippen LogP contribution < -0.4 is 0 Å². The average Bonchev–Trinajstić information content (AvgIpc) is 2.34. The van der Waals surface area contributed by atoms with Crippen LogP contribution in [-0.2, 0) is 0 Å². The predicted molar refractivity (Wildman–Crippen MR) is 38.0 cm³/mol. The van der Waals surface area contributed by atoms with E-state index in [4.69, 9.17) is 0 Å². The molecule has 1 heterocycles. The number of hydrogen-bond acceptors (Lipinski definition) is 0. The van der Waals surface area contributed by atoms with Crippen LogP contribution in [0.3, 0.4) is 0 Å². The Morgan fingerprint density at radius 1 is 1.67 bits per heavy atom. The first-order valence-electron chi connectivity index (χ1n) is 3.05. The summed E-state index contributed by atoms with van der Waals surface area (Å²) in [7, 11) is 0. The molecule has 1 rings (SSSR count). The molecule has 0 bridgehead atoms. The summed E-state index contributed by atoms with van der Waals surface area (Å²) in [6.07, 6.45) is 2.79. The largest absolute Gasteiger partial charge is 0.355 e. The zero-order chi connectivity index (χ0) is 6.53. The second-order valence-corrected chi connectivity index (χ2v) is 1.74. The van der Waals surface area contributed by atoms with Crippen LogP contribution in [0, 0.1) is 11.8 Å². The van der Waals surface area contributed by atoms with Crippen molar-refractivity contribution in [1.29, 1.82) is 0 Å². The maximum atomic E-state index is 3.00. The monoisotopic (exact) mass is 119 g/mol. The fourth-order valence-corrected chi connectivity index (χ4v) is 0.592. The zero-order valence-corrected chi connectivity index (χ0v) is 5.44. The Balaban J connectivity index is 2.67. The second kappa shape index (κ2) is 2.99. The molecule has 0 aliphatic carbocycles. The molecule has 0 fully saturated rings. The Morgan fingerprint density at radius 3 is 3.11 bits per heavy atom. The highest BCUT2D eigenvalue weighted by Gasteiger charge is 1.79. The van der Waals surface area contributed by atoms with Crippen LogP contribution in [0.2, 0.25) is 0 Å². The van der Waals surface area contributed by atoms with E-state index in [-0.39, 0.29) is 0 Å². The Hall–Kier alpha value is -1.16. The maximum Gasteiger partial charge on any atom is 0.0893 e. The van der Waals surface area contributed by atoms with Crippen molar-refractivity contribution in [1.82, 2.24) is 4.98 Å². The highest BCUT2D eigenvalue weighted by molar-refractivity contribution is 5.26. The molecule has 1 N–H and O–H groups in total. The first-order valence-corrected chi connectivity index (χ1v) is 3.05. The third-order valence-corrected chi connectivity index (χ3v) is 0.998. The van der Waals surface area contributed by atoms with Crippen molar-refractivity contribution in [2.75, 3.05) is 0 Å². The molecule has 1 heteroatoms. The van der Waals surface area contributed by atoms with E-state index in [1.54, 1.807) is 0 Å². The van der Waals surface area contributed by atoms with Crippen LogP contribution >= 0.6 is 0 Å². The topological polar surface area (TPSA) is 15.8 Å². The summed E-state index contributed by atoms with van der Waals surface area (Å²) in [4.78, 5) is 3.00. The molecular formula is C8H9N. The summed E-state index contributed by atoms with van der Waals surface area (Å²) in [5.74, 6) is 5.94. The Labute approximate surface area is 55.1 Å². The first kappa shape index (κ1) is 5.97. The molecule has 0 unspecified atom stereocenters. The second-order valence-electron chi connectivity index (χ2n) is 1.74. The van der Waals surface area contributed by atoms with Gasteiger partial charge in [0.15, 0.2) is 0 Å². The number of aromatic nitrogens is 1. The van der Waals surface area contributed by atoms with Crippen LogP contribution in [0.1, 0.15) is 19.0 Å². The molecule has 0 amide bonds. The first-order chi connectivity index (χ1) is 4.43. The Kier molecular flexibility index (Phi) is 1.98. The van der Waals surface area contributed by atoms with Gasteiger partial charge in [0, 0.05) is 12.6 Å². The molecular weight excluding hydrogens is 110 g/mol. The minimum absolute atomic E-state index is 0.916. The smallest absolute Gasteiger partial charge is 0.0893 e. The molecule has 46 valence electrons. The lowest BCUT2D eigenvalue weighted by Crippen LogP contribution is -1.67. The van der Waals surface area contributed by atoms with Gasteiger partial charge in [-0.05, 0) is 18.1 Å². The van der Waals surface area contributed by atoms with E-state index in [1.165, 1.54) is 0 Å². The summed E-state index contributed by atoms with van der Waals surface area (Å²) in [5, 5.41) is 0. The van der Waals surface area contributed by atoms with Crippen molar-refractivity contribution < 1.29 is 0 Å². The van der Waals surface area contributed by atoms with Crippen molar-refractivity contribution in [2.24, 2.45) is 0 Å². The van der Waals surface area contributed by atoms with Crippen molar-refractivity contribution in [3.63, 3.8) is 0 Å². The van der Waals surface area contributed by atoms with E-state index in [1.807, 2.05) is 25.3 Å². The minimum atomic E-state index is 0.916. The molecule has 1 aromatic rings. The highest BCUT2D eigenvalue weighted by atomic mass is 14.7. The van der Waals surface area contributed by atoms with E-state index in [9.17, 15) is 0 Å². The van der Waals surface area contributed by atoms with Gasteiger partial charge >= 0.3 is 0 Å². The van der Waals surface area contributed by atoms with Gasteiger partial charge in [0.25, 0.3) is 0 Å². The number of nitrogens with one attached hydrogen (secondary N) is 1. The van der Waals surface area contributed by atoms with Crippen LogP contribution in [0.15, 0.2) is 18.3 Å². The van der Waals surface area contributed by atoms with Crippen LogP contribution in [0.4, 0.5) is 0 Å². The van der Waals surface area contributed by atoms with Crippen molar-refractivity contribution in [3.8, 4) is 11.8 Å². The molecule has 0 atom stereocenters. The van der Waals surface area contributed by atoms with Gasteiger partial charge in [0.1, 0.15) is 0 Å². The molecule has 0 aromatic carbocycles. The van der Waals surface area contributed by atoms with Gasteiger partial charge in [-0.1, -0.05) is 12.8 Å². The lowest BCUT2D eigenvalue weighted by atomic mass is 10.4. The lowest BCUT2D eigenvalue weighted by molar-refractivity contribution is 1.27. The van der Waals surface area contributed by atoms with Crippen molar-refractivity contribution in [2.45, 2.75) is 13.3 Å². The van der Waals surface area contributed by atoms with Crippen molar-refractivity contribution >= 4 is 0 Å². The van der Waals surface area contributed by atoms with E-state index < -0.39 is 0 Å². The van der Waals surface area contributed by atoms with E-state index in [0.29, 0.717) is 0 Å². The van der Waals surface area contributed by atoms with E-state index >= 15 is 0 Å². The number of H-pyrrole nitrogens is 1.